The lowest BCUT2D eigenvalue weighted by Gasteiger charge is -2.41. The van der Waals surface area contributed by atoms with E-state index in [-0.39, 0.29) is 23.8 Å². The number of hydrogen-bond acceptors (Lipinski definition) is 3. The third kappa shape index (κ3) is 4.82. The van der Waals surface area contributed by atoms with Crippen LogP contribution in [0.25, 0.3) is 0 Å². The standard InChI is InChI=1S/C28H32N2O3/c31-26-19-33-25-10-2-1-6-22(25)7-3-4-13-28(20-29-26)14-16-30(17-15-28)27(32)24-12-11-21-8-5-9-23(21)18-24/h1-4,6,10-12,18H,5,7-9,13-17,19-20H2,(H,29,31). The molecule has 0 bridgehead atoms. The van der Waals surface area contributed by atoms with Gasteiger partial charge in [-0.3, -0.25) is 9.59 Å². The molecular formula is C28H32N2O3. The molecule has 1 fully saturated rings. The van der Waals surface area contributed by atoms with Crippen molar-refractivity contribution < 1.29 is 14.3 Å². The molecule has 2 amide bonds. The van der Waals surface area contributed by atoms with E-state index < -0.39 is 0 Å². The maximum Gasteiger partial charge on any atom is 0.257 e. The van der Waals surface area contributed by atoms with E-state index in [1.807, 2.05) is 35.2 Å². The minimum absolute atomic E-state index is 0.0275. The number of nitrogens with zero attached hydrogens (tertiary/aromatic N) is 1. The first-order chi connectivity index (χ1) is 16.1. The van der Waals surface area contributed by atoms with Gasteiger partial charge >= 0.3 is 0 Å². The van der Waals surface area contributed by atoms with Crippen molar-refractivity contribution in [3.63, 3.8) is 0 Å². The number of likely N-dealkylation sites (tertiary alicyclic amines) is 1. The number of ether oxygens (including phenoxy) is 1. The molecule has 1 aliphatic carbocycles. The number of para-hydroxylation sites is 1. The smallest absolute Gasteiger partial charge is 0.257 e. The zero-order valence-electron chi connectivity index (χ0n) is 19.1. The summed E-state index contributed by atoms with van der Waals surface area (Å²) in [4.78, 5) is 27.6. The molecule has 0 unspecified atom stereocenters. The molecule has 0 aromatic heterocycles. The molecule has 2 heterocycles. The Morgan fingerprint density at radius 1 is 0.970 bits per heavy atom. The SMILES string of the molecule is O=C1COc2ccccc2CC=CCC2(CCN(C(=O)c3ccc4c(c3)CCC4)CC2)CN1. The van der Waals surface area contributed by atoms with Crippen molar-refractivity contribution in [2.75, 3.05) is 26.2 Å². The summed E-state index contributed by atoms with van der Waals surface area (Å²) in [5.41, 5.74) is 4.61. The molecular weight excluding hydrogens is 412 g/mol. The first-order valence-corrected chi connectivity index (χ1v) is 12.2. The zero-order valence-corrected chi connectivity index (χ0v) is 19.1. The number of aryl methyl sites for hydroxylation is 2. The normalized spacial score (nSPS) is 20.1. The molecule has 5 nitrogen and oxygen atoms in total. The third-order valence-corrected chi connectivity index (χ3v) is 7.50. The minimum atomic E-state index is -0.0922. The van der Waals surface area contributed by atoms with E-state index in [2.05, 4.69) is 29.6 Å². The summed E-state index contributed by atoms with van der Waals surface area (Å²) < 4.78 is 5.78. The van der Waals surface area contributed by atoms with Crippen LogP contribution in [0.2, 0.25) is 0 Å². The van der Waals surface area contributed by atoms with E-state index in [1.165, 1.54) is 17.5 Å². The highest BCUT2D eigenvalue weighted by atomic mass is 16.5. The van der Waals surface area contributed by atoms with Crippen LogP contribution in [0.15, 0.2) is 54.6 Å². The lowest BCUT2D eigenvalue weighted by atomic mass is 9.75. The Morgan fingerprint density at radius 3 is 2.67 bits per heavy atom. The van der Waals surface area contributed by atoms with Gasteiger partial charge < -0.3 is 15.0 Å². The number of amides is 2. The Kier molecular flexibility index (Phi) is 6.21. The van der Waals surface area contributed by atoms with Crippen LogP contribution in [-0.2, 0) is 24.1 Å². The van der Waals surface area contributed by atoms with Gasteiger partial charge in [0.15, 0.2) is 6.61 Å². The van der Waals surface area contributed by atoms with Crippen molar-refractivity contribution >= 4 is 11.8 Å². The molecule has 1 N–H and O–H groups in total. The van der Waals surface area contributed by atoms with E-state index in [4.69, 9.17) is 4.74 Å². The lowest BCUT2D eigenvalue weighted by Crippen LogP contribution is -2.48. The number of rotatable bonds is 1. The number of nitrogens with one attached hydrogen (secondary N) is 1. The quantitative estimate of drug-likeness (QED) is 0.674. The van der Waals surface area contributed by atoms with Gasteiger partial charge in [0.25, 0.3) is 11.8 Å². The summed E-state index contributed by atoms with van der Waals surface area (Å²) in [6, 6.07) is 14.1. The van der Waals surface area contributed by atoms with Gasteiger partial charge in [-0.1, -0.05) is 36.4 Å². The first kappa shape index (κ1) is 21.7. The molecule has 33 heavy (non-hydrogen) atoms. The van der Waals surface area contributed by atoms with Gasteiger partial charge in [0, 0.05) is 25.2 Å². The molecule has 0 atom stereocenters. The van der Waals surface area contributed by atoms with Crippen molar-refractivity contribution in [1.29, 1.82) is 0 Å². The first-order valence-electron chi connectivity index (χ1n) is 12.2. The van der Waals surface area contributed by atoms with E-state index >= 15 is 0 Å². The number of hydrogen-bond donors (Lipinski definition) is 1. The molecule has 5 rings (SSSR count). The Labute approximate surface area is 195 Å². The third-order valence-electron chi connectivity index (χ3n) is 7.50. The van der Waals surface area contributed by atoms with E-state index in [9.17, 15) is 9.59 Å². The van der Waals surface area contributed by atoms with Gasteiger partial charge in [-0.2, -0.15) is 0 Å². The molecule has 2 aliphatic heterocycles. The number of fused-ring (bicyclic) bond motifs is 2. The fourth-order valence-corrected chi connectivity index (χ4v) is 5.36. The number of piperidine rings is 1. The number of carbonyl (C=O) groups excluding carboxylic acids is 2. The minimum Gasteiger partial charge on any atom is -0.483 e. The van der Waals surface area contributed by atoms with Gasteiger partial charge in [0.2, 0.25) is 0 Å². The predicted molar refractivity (Wildman–Crippen MR) is 128 cm³/mol. The molecule has 0 saturated carbocycles. The summed E-state index contributed by atoms with van der Waals surface area (Å²) in [5, 5.41) is 3.09. The van der Waals surface area contributed by atoms with Gasteiger partial charge in [0.05, 0.1) is 0 Å². The average Bonchev–Trinajstić information content (AvgIpc) is 3.32. The Morgan fingerprint density at radius 2 is 1.79 bits per heavy atom. The molecule has 2 aromatic rings. The van der Waals surface area contributed by atoms with E-state index in [0.717, 1.165) is 68.5 Å². The number of allylic oxidation sites excluding steroid dienone is 2. The van der Waals surface area contributed by atoms with Crippen LogP contribution in [0.3, 0.4) is 0 Å². The van der Waals surface area contributed by atoms with Crippen LogP contribution in [0.1, 0.15) is 52.7 Å². The summed E-state index contributed by atoms with van der Waals surface area (Å²) in [7, 11) is 0. The summed E-state index contributed by atoms with van der Waals surface area (Å²) >= 11 is 0. The second-order valence-electron chi connectivity index (χ2n) is 9.68. The largest absolute Gasteiger partial charge is 0.483 e. The van der Waals surface area contributed by atoms with Crippen LogP contribution in [0, 0.1) is 5.41 Å². The molecule has 0 radical (unpaired) electrons. The number of carbonyl (C=O) groups is 2. The van der Waals surface area contributed by atoms with Crippen LogP contribution in [0.4, 0.5) is 0 Å². The number of benzene rings is 2. The molecule has 172 valence electrons. The average molecular weight is 445 g/mol. The zero-order chi connectivity index (χ0) is 22.7. The predicted octanol–water partition coefficient (Wildman–Crippen LogP) is 4.10. The van der Waals surface area contributed by atoms with Gasteiger partial charge in [0.1, 0.15) is 5.75 Å². The van der Waals surface area contributed by atoms with E-state index in [1.54, 1.807) is 0 Å². The maximum atomic E-state index is 13.2. The van der Waals surface area contributed by atoms with Gasteiger partial charge in [-0.15, -0.1) is 0 Å². The fraction of sp³-hybridized carbons (Fsp3) is 0.429. The Balaban J connectivity index is 1.26. The maximum absolute atomic E-state index is 13.2. The summed E-state index contributed by atoms with van der Waals surface area (Å²) in [6.45, 7) is 2.08. The highest BCUT2D eigenvalue weighted by Gasteiger charge is 2.36. The van der Waals surface area contributed by atoms with Crippen molar-refractivity contribution in [3.05, 3.63) is 76.9 Å². The highest BCUT2D eigenvalue weighted by Crippen LogP contribution is 2.36. The summed E-state index contributed by atoms with van der Waals surface area (Å²) in [5.74, 6) is 0.814. The van der Waals surface area contributed by atoms with Crippen LogP contribution in [0.5, 0.6) is 5.75 Å². The second-order valence-corrected chi connectivity index (χ2v) is 9.68. The van der Waals surface area contributed by atoms with Gasteiger partial charge in [-0.05, 0) is 85.3 Å². The van der Waals surface area contributed by atoms with Crippen LogP contribution in [-0.4, -0.2) is 43.0 Å². The van der Waals surface area contributed by atoms with Crippen molar-refractivity contribution in [1.82, 2.24) is 10.2 Å². The van der Waals surface area contributed by atoms with Crippen molar-refractivity contribution in [2.24, 2.45) is 5.41 Å². The summed E-state index contributed by atoms with van der Waals surface area (Å²) in [6.07, 6.45) is 11.3. The van der Waals surface area contributed by atoms with Crippen LogP contribution < -0.4 is 10.1 Å². The lowest BCUT2D eigenvalue weighted by molar-refractivity contribution is -0.123. The molecule has 1 spiro atoms. The molecule has 2 aromatic carbocycles. The van der Waals surface area contributed by atoms with Gasteiger partial charge in [-0.25, -0.2) is 0 Å². The van der Waals surface area contributed by atoms with Crippen LogP contribution >= 0.6 is 0 Å². The van der Waals surface area contributed by atoms with E-state index in [0.29, 0.717) is 6.54 Å². The topological polar surface area (TPSA) is 58.6 Å². The second kappa shape index (κ2) is 9.42. The Bertz CT molecular complexity index is 1070. The molecule has 5 heteroatoms. The van der Waals surface area contributed by atoms with Crippen molar-refractivity contribution in [3.8, 4) is 5.75 Å². The molecule has 3 aliphatic rings. The monoisotopic (exact) mass is 444 g/mol. The fourth-order valence-electron chi connectivity index (χ4n) is 5.36. The Hall–Kier alpha value is -3.08. The van der Waals surface area contributed by atoms with Crippen molar-refractivity contribution in [2.45, 2.75) is 44.9 Å². The highest BCUT2D eigenvalue weighted by molar-refractivity contribution is 5.94. The molecule has 1 saturated heterocycles.